The van der Waals surface area contributed by atoms with Crippen molar-refractivity contribution < 1.29 is 14.3 Å². The van der Waals surface area contributed by atoms with Crippen molar-refractivity contribution in [2.24, 2.45) is 17.6 Å². The van der Waals surface area contributed by atoms with Gasteiger partial charge in [-0.2, -0.15) is 0 Å². The fourth-order valence-electron chi connectivity index (χ4n) is 6.23. The minimum atomic E-state index is -0.0904. The first-order valence-electron chi connectivity index (χ1n) is 14.7. The summed E-state index contributed by atoms with van der Waals surface area (Å²) < 4.78 is 11.8. The Bertz CT molecular complexity index is 963. The Balaban J connectivity index is 1.42. The van der Waals surface area contributed by atoms with Gasteiger partial charge in [0.15, 0.2) is 0 Å². The predicted octanol–water partition coefficient (Wildman–Crippen LogP) is 6.17. The fourth-order valence-corrected chi connectivity index (χ4v) is 6.23. The molecule has 4 rings (SSSR count). The standard InChI is InChI=1S/C32H47N3O3/c1-37-20-11-21-38-31(30-18-9-8-17-29(30)26-14-6-3-7-15-26)27-16-10-19-35(24-27)32(36)34-23-28(33)22-25-12-4-2-5-13-25/h3,6-9,14-15,17-18,25,27-28,31H,2,4-5,10-13,16,19-24,33H2,1H3,(H,34,36)/t27-,28+,31-/m1/s1. The van der Waals surface area contributed by atoms with Gasteiger partial charge in [-0.15, -0.1) is 0 Å². The molecular formula is C32H47N3O3. The van der Waals surface area contributed by atoms with Crippen molar-refractivity contribution in [2.75, 3.05) is 40.0 Å². The van der Waals surface area contributed by atoms with Crippen LogP contribution in [0.3, 0.4) is 0 Å². The number of amides is 2. The van der Waals surface area contributed by atoms with Crippen molar-refractivity contribution in [3.05, 3.63) is 60.2 Å². The smallest absolute Gasteiger partial charge is 0.317 e. The number of likely N-dealkylation sites (tertiary alicyclic amines) is 1. The van der Waals surface area contributed by atoms with E-state index in [9.17, 15) is 4.79 Å². The van der Waals surface area contributed by atoms with E-state index in [0.29, 0.717) is 26.3 Å². The molecule has 1 aliphatic heterocycles. The molecule has 208 valence electrons. The number of nitrogens with two attached hydrogens (primary N) is 1. The van der Waals surface area contributed by atoms with Gasteiger partial charge >= 0.3 is 6.03 Å². The molecule has 2 aliphatic rings. The zero-order chi connectivity index (χ0) is 26.6. The summed E-state index contributed by atoms with van der Waals surface area (Å²) in [6, 6.07) is 19.1. The number of ether oxygens (including phenoxy) is 2. The molecule has 2 aromatic carbocycles. The summed E-state index contributed by atoms with van der Waals surface area (Å²) in [5.74, 6) is 0.938. The minimum Gasteiger partial charge on any atom is -0.385 e. The number of benzene rings is 2. The van der Waals surface area contributed by atoms with E-state index in [1.165, 1.54) is 48.8 Å². The van der Waals surface area contributed by atoms with Gasteiger partial charge in [-0.05, 0) is 48.3 Å². The molecule has 0 unspecified atom stereocenters. The second kappa shape index (κ2) is 15.2. The maximum atomic E-state index is 13.2. The van der Waals surface area contributed by atoms with Crippen molar-refractivity contribution in [2.45, 2.75) is 69.9 Å². The molecule has 2 amide bonds. The lowest BCUT2D eigenvalue weighted by Gasteiger charge is -2.38. The van der Waals surface area contributed by atoms with Crippen LogP contribution in [0.5, 0.6) is 0 Å². The number of hydrogen-bond donors (Lipinski definition) is 2. The molecule has 0 bridgehead atoms. The van der Waals surface area contributed by atoms with Crippen LogP contribution in [0.25, 0.3) is 11.1 Å². The number of rotatable bonds is 12. The van der Waals surface area contributed by atoms with Gasteiger partial charge in [-0.1, -0.05) is 86.7 Å². The van der Waals surface area contributed by atoms with Crippen LogP contribution in [0.15, 0.2) is 54.6 Å². The molecule has 3 atom stereocenters. The number of carbonyl (C=O) groups is 1. The zero-order valence-corrected chi connectivity index (χ0v) is 23.2. The molecule has 6 nitrogen and oxygen atoms in total. The molecule has 0 aromatic heterocycles. The third-order valence-corrected chi connectivity index (χ3v) is 8.19. The highest BCUT2D eigenvalue weighted by molar-refractivity contribution is 5.74. The van der Waals surface area contributed by atoms with Crippen LogP contribution in [-0.4, -0.2) is 56.9 Å². The third kappa shape index (κ3) is 8.29. The summed E-state index contributed by atoms with van der Waals surface area (Å²) in [5, 5.41) is 3.14. The molecule has 1 saturated heterocycles. The molecule has 6 heteroatoms. The third-order valence-electron chi connectivity index (χ3n) is 8.19. The molecule has 1 heterocycles. The van der Waals surface area contributed by atoms with Crippen LogP contribution < -0.4 is 11.1 Å². The Hall–Kier alpha value is -2.41. The Morgan fingerprint density at radius 1 is 1.00 bits per heavy atom. The van der Waals surface area contributed by atoms with E-state index in [-0.39, 0.29) is 24.1 Å². The Labute approximate surface area is 229 Å². The van der Waals surface area contributed by atoms with Crippen LogP contribution in [-0.2, 0) is 9.47 Å². The number of hydrogen-bond acceptors (Lipinski definition) is 4. The first-order valence-corrected chi connectivity index (χ1v) is 14.7. The second-order valence-electron chi connectivity index (χ2n) is 11.1. The summed E-state index contributed by atoms with van der Waals surface area (Å²) in [6.45, 7) is 3.30. The van der Waals surface area contributed by atoms with Crippen molar-refractivity contribution >= 4 is 6.03 Å². The maximum Gasteiger partial charge on any atom is 0.317 e. The van der Waals surface area contributed by atoms with Crippen molar-refractivity contribution in [1.29, 1.82) is 0 Å². The van der Waals surface area contributed by atoms with Crippen LogP contribution >= 0.6 is 0 Å². The van der Waals surface area contributed by atoms with E-state index in [1.54, 1.807) is 7.11 Å². The van der Waals surface area contributed by atoms with E-state index < -0.39 is 0 Å². The highest BCUT2D eigenvalue weighted by Gasteiger charge is 2.32. The first-order chi connectivity index (χ1) is 18.7. The number of methoxy groups -OCH3 is 1. The summed E-state index contributed by atoms with van der Waals surface area (Å²) in [7, 11) is 1.72. The van der Waals surface area contributed by atoms with E-state index >= 15 is 0 Å². The maximum absolute atomic E-state index is 13.2. The van der Waals surface area contributed by atoms with Crippen molar-refractivity contribution in [1.82, 2.24) is 10.2 Å². The molecule has 2 aromatic rings. The quantitative estimate of drug-likeness (QED) is 0.328. The van der Waals surface area contributed by atoms with Crippen LogP contribution in [0.1, 0.15) is 69.5 Å². The largest absolute Gasteiger partial charge is 0.385 e. The summed E-state index contributed by atoms with van der Waals surface area (Å²) in [6.07, 6.45) is 10.3. The van der Waals surface area contributed by atoms with Gasteiger partial charge in [0.25, 0.3) is 0 Å². The number of urea groups is 1. The van der Waals surface area contributed by atoms with E-state index in [1.807, 2.05) is 11.0 Å². The van der Waals surface area contributed by atoms with Crippen molar-refractivity contribution in [3.8, 4) is 11.1 Å². The van der Waals surface area contributed by atoms with Gasteiger partial charge in [0.1, 0.15) is 0 Å². The van der Waals surface area contributed by atoms with Crippen LogP contribution in [0, 0.1) is 11.8 Å². The number of carbonyl (C=O) groups excluding carboxylic acids is 1. The minimum absolute atomic E-state index is 0.00303. The molecule has 2 fully saturated rings. The fraction of sp³-hybridized carbons (Fsp3) is 0.594. The van der Waals surface area contributed by atoms with E-state index in [4.69, 9.17) is 15.2 Å². The van der Waals surface area contributed by atoms with Gasteiger partial charge in [0.2, 0.25) is 0 Å². The molecular weight excluding hydrogens is 474 g/mol. The van der Waals surface area contributed by atoms with Gasteiger partial charge < -0.3 is 25.4 Å². The van der Waals surface area contributed by atoms with Crippen molar-refractivity contribution in [3.63, 3.8) is 0 Å². The monoisotopic (exact) mass is 521 g/mol. The van der Waals surface area contributed by atoms with Gasteiger partial charge in [0.05, 0.1) is 6.10 Å². The topological polar surface area (TPSA) is 76.8 Å². The highest BCUT2D eigenvalue weighted by atomic mass is 16.5. The SMILES string of the molecule is COCCCO[C@@H](c1ccccc1-c1ccccc1)[C@@H]1CCCN(C(=O)NC[C@@H](N)CC2CCCCC2)C1. The van der Waals surface area contributed by atoms with E-state index in [0.717, 1.165) is 38.1 Å². The molecule has 38 heavy (non-hydrogen) atoms. The Morgan fingerprint density at radius 2 is 1.76 bits per heavy atom. The average Bonchev–Trinajstić information content (AvgIpc) is 2.97. The van der Waals surface area contributed by atoms with Gasteiger partial charge in [-0.3, -0.25) is 0 Å². The Morgan fingerprint density at radius 3 is 2.55 bits per heavy atom. The number of nitrogens with zero attached hydrogens (tertiary/aromatic N) is 1. The second-order valence-corrected chi connectivity index (χ2v) is 11.1. The number of piperidine rings is 1. The zero-order valence-electron chi connectivity index (χ0n) is 23.2. The molecule has 1 aliphatic carbocycles. The normalized spacial score (nSPS) is 20.2. The van der Waals surface area contributed by atoms with Crippen LogP contribution in [0.2, 0.25) is 0 Å². The lowest BCUT2D eigenvalue weighted by molar-refractivity contribution is -0.0163. The highest BCUT2D eigenvalue weighted by Crippen LogP contribution is 2.38. The Kier molecular flexibility index (Phi) is 11.5. The number of nitrogens with one attached hydrogen (secondary N) is 1. The lowest BCUT2D eigenvalue weighted by Crippen LogP contribution is -2.49. The molecule has 0 spiro atoms. The van der Waals surface area contributed by atoms with Crippen LogP contribution in [0.4, 0.5) is 4.79 Å². The molecule has 0 radical (unpaired) electrons. The first kappa shape index (κ1) is 28.6. The lowest BCUT2D eigenvalue weighted by atomic mass is 9.85. The average molecular weight is 522 g/mol. The summed E-state index contributed by atoms with van der Waals surface area (Å²) >= 11 is 0. The predicted molar refractivity (Wildman–Crippen MR) is 154 cm³/mol. The summed E-state index contributed by atoms with van der Waals surface area (Å²) in [5.41, 5.74) is 9.99. The van der Waals surface area contributed by atoms with E-state index in [2.05, 4.69) is 53.8 Å². The van der Waals surface area contributed by atoms with Gasteiger partial charge in [0, 0.05) is 51.9 Å². The summed E-state index contributed by atoms with van der Waals surface area (Å²) in [4.78, 5) is 15.2. The molecule has 1 saturated carbocycles. The molecule has 3 N–H and O–H groups in total. The van der Waals surface area contributed by atoms with Gasteiger partial charge in [-0.25, -0.2) is 4.79 Å².